The number of nitrogens with zero attached hydrogens (tertiary/aromatic N) is 3. The first kappa shape index (κ1) is 13.0. The summed E-state index contributed by atoms with van der Waals surface area (Å²) in [6.07, 6.45) is 9.55. The molecule has 6 heteroatoms. The summed E-state index contributed by atoms with van der Waals surface area (Å²) in [6.45, 7) is 2.72. The van der Waals surface area contributed by atoms with E-state index in [2.05, 4.69) is 35.6 Å². The van der Waals surface area contributed by atoms with Crippen molar-refractivity contribution in [3.05, 3.63) is 28.9 Å². The lowest BCUT2D eigenvalue weighted by atomic mass is 10.2. The Morgan fingerprint density at radius 1 is 1.42 bits per heavy atom. The smallest absolute Gasteiger partial charge is 0.155 e. The molecule has 0 spiro atoms. The number of imidazole rings is 1. The Morgan fingerprint density at radius 3 is 3.21 bits per heavy atom. The molecular weight excluding hydrogens is 308 g/mol. The van der Waals surface area contributed by atoms with Crippen molar-refractivity contribution in [1.29, 1.82) is 0 Å². The SMILES string of the molecule is Brc1cn2c(CNCCC3CCCO3)cnc2cn1. The van der Waals surface area contributed by atoms with Crippen LogP contribution in [0.25, 0.3) is 5.65 Å². The first-order valence-corrected chi connectivity index (χ1v) is 7.42. The van der Waals surface area contributed by atoms with E-state index in [0.29, 0.717) is 6.10 Å². The van der Waals surface area contributed by atoms with Crippen molar-refractivity contribution in [3.63, 3.8) is 0 Å². The second-order valence-electron chi connectivity index (χ2n) is 4.79. The van der Waals surface area contributed by atoms with E-state index in [1.165, 1.54) is 12.8 Å². The van der Waals surface area contributed by atoms with E-state index in [-0.39, 0.29) is 0 Å². The summed E-state index contributed by atoms with van der Waals surface area (Å²) in [7, 11) is 0. The highest BCUT2D eigenvalue weighted by atomic mass is 79.9. The summed E-state index contributed by atoms with van der Waals surface area (Å²) in [5, 5.41) is 3.45. The summed E-state index contributed by atoms with van der Waals surface area (Å²) in [5.41, 5.74) is 2.02. The van der Waals surface area contributed by atoms with Gasteiger partial charge in [-0.3, -0.25) is 4.40 Å². The molecule has 2 aromatic rings. The molecule has 1 aliphatic rings. The zero-order chi connectivity index (χ0) is 13.1. The highest BCUT2D eigenvalue weighted by molar-refractivity contribution is 9.10. The Balaban J connectivity index is 1.54. The molecule has 1 saturated heterocycles. The van der Waals surface area contributed by atoms with Crippen LogP contribution in [0, 0.1) is 0 Å². The molecule has 3 rings (SSSR count). The van der Waals surface area contributed by atoms with Crippen LogP contribution in [0.1, 0.15) is 25.0 Å². The van der Waals surface area contributed by atoms with Gasteiger partial charge < -0.3 is 10.1 Å². The Labute approximate surface area is 120 Å². The van der Waals surface area contributed by atoms with E-state index in [0.717, 1.165) is 42.1 Å². The summed E-state index contributed by atoms with van der Waals surface area (Å²) in [4.78, 5) is 8.50. The lowest BCUT2D eigenvalue weighted by molar-refractivity contribution is 0.104. The number of rotatable bonds is 5. The van der Waals surface area contributed by atoms with Crippen molar-refractivity contribution in [2.24, 2.45) is 0 Å². The topological polar surface area (TPSA) is 51.5 Å². The van der Waals surface area contributed by atoms with Gasteiger partial charge in [0.05, 0.1) is 24.2 Å². The van der Waals surface area contributed by atoms with Gasteiger partial charge in [-0.15, -0.1) is 0 Å². The van der Waals surface area contributed by atoms with Crippen LogP contribution in [-0.4, -0.2) is 33.6 Å². The molecule has 0 saturated carbocycles. The Hall–Kier alpha value is -0.980. The maximum absolute atomic E-state index is 5.60. The predicted octanol–water partition coefficient (Wildman–Crippen LogP) is 2.15. The number of ether oxygens (including phenoxy) is 1. The summed E-state index contributed by atoms with van der Waals surface area (Å²) < 4.78 is 8.47. The van der Waals surface area contributed by atoms with Crippen molar-refractivity contribution in [2.75, 3.05) is 13.2 Å². The van der Waals surface area contributed by atoms with E-state index >= 15 is 0 Å². The van der Waals surface area contributed by atoms with E-state index in [4.69, 9.17) is 4.74 Å². The number of fused-ring (bicyclic) bond motifs is 1. The molecule has 1 aliphatic heterocycles. The summed E-state index contributed by atoms with van der Waals surface area (Å²) in [6, 6.07) is 0. The molecule has 1 unspecified atom stereocenters. The maximum atomic E-state index is 5.60. The molecular formula is C13H17BrN4O. The molecule has 5 nitrogen and oxygen atoms in total. The average molecular weight is 325 g/mol. The number of halogens is 1. The Morgan fingerprint density at radius 2 is 2.37 bits per heavy atom. The molecule has 3 heterocycles. The van der Waals surface area contributed by atoms with Gasteiger partial charge in [-0.05, 0) is 41.7 Å². The van der Waals surface area contributed by atoms with Gasteiger partial charge in [0.15, 0.2) is 5.65 Å². The van der Waals surface area contributed by atoms with Crippen LogP contribution in [0.3, 0.4) is 0 Å². The van der Waals surface area contributed by atoms with Crippen LogP contribution in [0.4, 0.5) is 0 Å². The van der Waals surface area contributed by atoms with Gasteiger partial charge in [0, 0.05) is 19.3 Å². The number of hydrogen-bond donors (Lipinski definition) is 1. The van der Waals surface area contributed by atoms with Gasteiger partial charge in [-0.25, -0.2) is 9.97 Å². The van der Waals surface area contributed by atoms with Crippen LogP contribution >= 0.6 is 15.9 Å². The van der Waals surface area contributed by atoms with Crippen molar-refractivity contribution in [2.45, 2.75) is 31.9 Å². The van der Waals surface area contributed by atoms with E-state index in [1.807, 2.05) is 12.4 Å². The molecule has 102 valence electrons. The van der Waals surface area contributed by atoms with Crippen molar-refractivity contribution in [3.8, 4) is 0 Å². The Kier molecular flexibility index (Phi) is 4.10. The molecule has 1 N–H and O–H groups in total. The van der Waals surface area contributed by atoms with Crippen molar-refractivity contribution < 1.29 is 4.74 Å². The second-order valence-corrected chi connectivity index (χ2v) is 5.60. The van der Waals surface area contributed by atoms with Gasteiger partial charge in [0.25, 0.3) is 0 Å². The lowest BCUT2D eigenvalue weighted by Crippen LogP contribution is -2.20. The molecule has 1 fully saturated rings. The lowest BCUT2D eigenvalue weighted by Gasteiger charge is -2.09. The fourth-order valence-electron chi connectivity index (χ4n) is 2.40. The molecule has 2 aromatic heterocycles. The van der Waals surface area contributed by atoms with E-state index in [9.17, 15) is 0 Å². The van der Waals surface area contributed by atoms with E-state index in [1.54, 1.807) is 6.20 Å². The zero-order valence-electron chi connectivity index (χ0n) is 10.7. The molecule has 19 heavy (non-hydrogen) atoms. The van der Waals surface area contributed by atoms with Gasteiger partial charge in [-0.1, -0.05) is 0 Å². The minimum Gasteiger partial charge on any atom is -0.378 e. The fourth-order valence-corrected chi connectivity index (χ4v) is 2.71. The third-order valence-electron chi connectivity index (χ3n) is 3.41. The summed E-state index contributed by atoms with van der Waals surface area (Å²) in [5.74, 6) is 0. The minimum absolute atomic E-state index is 0.452. The maximum Gasteiger partial charge on any atom is 0.155 e. The minimum atomic E-state index is 0.452. The van der Waals surface area contributed by atoms with Crippen LogP contribution < -0.4 is 5.32 Å². The predicted molar refractivity (Wildman–Crippen MR) is 76.0 cm³/mol. The van der Waals surface area contributed by atoms with Crippen LogP contribution in [0.15, 0.2) is 23.2 Å². The number of nitrogens with one attached hydrogen (secondary N) is 1. The molecule has 0 aliphatic carbocycles. The molecule has 0 bridgehead atoms. The van der Waals surface area contributed by atoms with Crippen LogP contribution in [0.2, 0.25) is 0 Å². The molecule has 1 atom stereocenters. The molecule has 0 amide bonds. The summed E-state index contributed by atoms with van der Waals surface area (Å²) >= 11 is 3.38. The number of aromatic nitrogens is 3. The van der Waals surface area contributed by atoms with Crippen molar-refractivity contribution >= 4 is 21.6 Å². The average Bonchev–Trinajstić information content (AvgIpc) is 3.04. The number of hydrogen-bond acceptors (Lipinski definition) is 4. The van der Waals surface area contributed by atoms with Gasteiger partial charge >= 0.3 is 0 Å². The standard InChI is InChI=1S/C13H17BrN4O/c14-12-9-18-10(7-17-13(18)8-16-12)6-15-4-3-11-2-1-5-19-11/h7-9,11,15H,1-6H2. The van der Waals surface area contributed by atoms with E-state index < -0.39 is 0 Å². The van der Waals surface area contributed by atoms with Gasteiger partial charge in [0.2, 0.25) is 0 Å². The van der Waals surface area contributed by atoms with Gasteiger partial charge in [-0.2, -0.15) is 0 Å². The highest BCUT2D eigenvalue weighted by Crippen LogP contribution is 2.14. The third kappa shape index (κ3) is 3.13. The zero-order valence-corrected chi connectivity index (χ0v) is 12.3. The molecule has 0 radical (unpaired) electrons. The largest absolute Gasteiger partial charge is 0.378 e. The van der Waals surface area contributed by atoms with Crippen molar-refractivity contribution in [1.82, 2.24) is 19.7 Å². The van der Waals surface area contributed by atoms with Crippen LogP contribution in [0.5, 0.6) is 0 Å². The Bertz CT molecular complexity index is 551. The third-order valence-corrected chi connectivity index (χ3v) is 3.82. The first-order valence-electron chi connectivity index (χ1n) is 6.63. The monoisotopic (exact) mass is 324 g/mol. The fraction of sp³-hybridized carbons (Fsp3) is 0.538. The highest BCUT2D eigenvalue weighted by Gasteiger charge is 2.14. The van der Waals surface area contributed by atoms with Gasteiger partial charge in [0.1, 0.15) is 4.60 Å². The quantitative estimate of drug-likeness (QED) is 0.856. The first-order chi connectivity index (χ1) is 9.33. The molecule has 0 aromatic carbocycles. The van der Waals surface area contributed by atoms with Crippen LogP contribution in [-0.2, 0) is 11.3 Å². The normalized spacial score (nSPS) is 19.3. The second kappa shape index (κ2) is 5.98.